The van der Waals surface area contributed by atoms with E-state index < -0.39 is 33.6 Å². The summed E-state index contributed by atoms with van der Waals surface area (Å²) in [4.78, 5) is 0. The van der Waals surface area contributed by atoms with Gasteiger partial charge in [-0.3, -0.25) is 0 Å². The van der Waals surface area contributed by atoms with Crippen molar-refractivity contribution >= 4 is 10.0 Å². The van der Waals surface area contributed by atoms with E-state index in [4.69, 9.17) is 5.26 Å². The molecule has 0 amide bonds. The number of sulfonamides is 1. The van der Waals surface area contributed by atoms with Crippen LogP contribution in [0.4, 0.5) is 13.2 Å². The summed E-state index contributed by atoms with van der Waals surface area (Å²) in [6, 6.07) is 5.13. The molecule has 0 unspecified atom stereocenters. The highest BCUT2D eigenvalue weighted by molar-refractivity contribution is 7.89. The van der Waals surface area contributed by atoms with Crippen molar-refractivity contribution in [2.45, 2.75) is 26.1 Å². The Kier molecular flexibility index (Phi) is 5.36. The first-order chi connectivity index (χ1) is 9.57. The minimum Gasteiger partial charge on any atom is -0.211 e. The summed E-state index contributed by atoms with van der Waals surface area (Å²) >= 11 is 0. The molecule has 1 aromatic carbocycles. The molecular weight excluding hydrogens is 305 g/mol. The van der Waals surface area contributed by atoms with Crippen molar-refractivity contribution < 1.29 is 21.6 Å². The number of nitrogens with zero attached hydrogens (tertiary/aromatic N) is 1. The monoisotopic (exact) mass is 320 g/mol. The summed E-state index contributed by atoms with van der Waals surface area (Å²) in [6.07, 6.45) is -4.44. The molecule has 0 radical (unpaired) electrons. The van der Waals surface area contributed by atoms with Gasteiger partial charge in [-0.25, -0.2) is 13.1 Å². The molecule has 0 spiro atoms. The van der Waals surface area contributed by atoms with Gasteiger partial charge < -0.3 is 0 Å². The third kappa shape index (κ3) is 5.02. The second kappa shape index (κ2) is 6.45. The summed E-state index contributed by atoms with van der Waals surface area (Å²) < 4.78 is 63.1. The zero-order valence-electron chi connectivity index (χ0n) is 11.5. The number of nitriles is 1. The number of nitrogens with one attached hydrogen (secondary N) is 1. The molecule has 0 aliphatic rings. The molecule has 0 saturated heterocycles. The third-order valence-corrected chi connectivity index (χ3v) is 3.95. The molecule has 1 aromatic rings. The summed E-state index contributed by atoms with van der Waals surface area (Å²) in [5.41, 5.74) is -0.381. The molecular formula is C13H15F3N2O2S. The topological polar surface area (TPSA) is 70.0 Å². The Balaban J connectivity index is 3.06. The maximum Gasteiger partial charge on any atom is 0.416 e. The number of alkyl halides is 3. The molecule has 0 heterocycles. The van der Waals surface area contributed by atoms with Crippen LogP contribution in [0, 0.1) is 17.2 Å². The van der Waals surface area contributed by atoms with Gasteiger partial charge in [-0.05, 0) is 23.6 Å². The van der Waals surface area contributed by atoms with Crippen LogP contribution in [0.5, 0.6) is 0 Å². The standard InChI is InChI=1S/C13H15F3N2O2S/c1-9(2)12(18-21(19,20)8-7-17)10-3-5-11(6-4-10)13(14,15)16/h3-6,9,12,18H,8H2,1-2H3/t12-/m1/s1. The van der Waals surface area contributed by atoms with Gasteiger partial charge in [0.05, 0.1) is 11.6 Å². The second-order valence-electron chi connectivity index (χ2n) is 4.88. The lowest BCUT2D eigenvalue weighted by Crippen LogP contribution is -2.33. The van der Waals surface area contributed by atoms with Gasteiger partial charge in [-0.2, -0.15) is 18.4 Å². The largest absolute Gasteiger partial charge is 0.416 e. The Morgan fingerprint density at radius 1 is 1.24 bits per heavy atom. The number of hydrogen-bond acceptors (Lipinski definition) is 3. The SMILES string of the molecule is CC(C)[C@@H](NS(=O)(=O)CC#N)c1ccc(C(F)(F)F)cc1. The van der Waals surface area contributed by atoms with E-state index in [9.17, 15) is 21.6 Å². The summed E-state index contributed by atoms with van der Waals surface area (Å²) in [5.74, 6) is -0.883. The Morgan fingerprint density at radius 3 is 2.14 bits per heavy atom. The van der Waals surface area contributed by atoms with Crippen LogP contribution in [0.3, 0.4) is 0 Å². The predicted octanol–water partition coefficient (Wildman–Crippen LogP) is 2.85. The molecule has 0 saturated carbocycles. The minimum atomic E-state index is -4.44. The van der Waals surface area contributed by atoms with Crippen LogP contribution >= 0.6 is 0 Å². The zero-order valence-corrected chi connectivity index (χ0v) is 12.3. The Bertz CT molecular complexity index is 616. The maximum absolute atomic E-state index is 12.5. The number of hydrogen-bond donors (Lipinski definition) is 1. The summed E-state index contributed by atoms with van der Waals surface area (Å²) in [5, 5.41) is 8.46. The van der Waals surface area contributed by atoms with E-state index in [-0.39, 0.29) is 5.92 Å². The van der Waals surface area contributed by atoms with E-state index in [0.29, 0.717) is 5.56 Å². The molecule has 0 aliphatic carbocycles. The molecule has 0 aromatic heterocycles. The smallest absolute Gasteiger partial charge is 0.211 e. The van der Waals surface area contributed by atoms with Crippen molar-refractivity contribution in [3.63, 3.8) is 0 Å². The molecule has 4 nitrogen and oxygen atoms in total. The Hall–Kier alpha value is -1.59. The lowest BCUT2D eigenvalue weighted by molar-refractivity contribution is -0.137. The lowest BCUT2D eigenvalue weighted by atomic mass is 9.96. The minimum absolute atomic E-state index is 0.185. The molecule has 116 valence electrons. The molecule has 1 rings (SSSR count). The van der Waals surface area contributed by atoms with Crippen molar-refractivity contribution in [3.05, 3.63) is 35.4 Å². The van der Waals surface area contributed by atoms with Gasteiger partial charge in [0, 0.05) is 6.04 Å². The van der Waals surface area contributed by atoms with Crippen LogP contribution in [0.1, 0.15) is 31.0 Å². The van der Waals surface area contributed by atoms with E-state index in [1.807, 2.05) is 0 Å². The van der Waals surface area contributed by atoms with Gasteiger partial charge in [0.15, 0.2) is 5.75 Å². The molecule has 0 fully saturated rings. The lowest BCUT2D eigenvalue weighted by Gasteiger charge is -2.22. The van der Waals surface area contributed by atoms with Crippen molar-refractivity contribution in [2.24, 2.45) is 5.92 Å². The van der Waals surface area contributed by atoms with Crippen molar-refractivity contribution in [2.75, 3.05) is 5.75 Å². The maximum atomic E-state index is 12.5. The van der Waals surface area contributed by atoms with Gasteiger partial charge in [-0.1, -0.05) is 26.0 Å². The van der Waals surface area contributed by atoms with Crippen molar-refractivity contribution in [1.29, 1.82) is 5.26 Å². The highest BCUT2D eigenvalue weighted by Gasteiger charge is 2.30. The van der Waals surface area contributed by atoms with E-state index in [1.165, 1.54) is 18.2 Å². The first-order valence-corrected chi connectivity index (χ1v) is 7.76. The molecule has 1 N–H and O–H groups in total. The number of halogens is 3. The van der Waals surface area contributed by atoms with E-state index in [0.717, 1.165) is 12.1 Å². The van der Waals surface area contributed by atoms with Crippen LogP contribution in [-0.4, -0.2) is 14.2 Å². The first-order valence-electron chi connectivity index (χ1n) is 6.11. The predicted molar refractivity (Wildman–Crippen MR) is 71.6 cm³/mol. The molecule has 0 aliphatic heterocycles. The fraction of sp³-hybridized carbons (Fsp3) is 0.462. The number of rotatable bonds is 5. The van der Waals surface area contributed by atoms with Crippen LogP contribution in [-0.2, 0) is 16.2 Å². The first kappa shape index (κ1) is 17.5. The zero-order chi connectivity index (χ0) is 16.3. The van der Waals surface area contributed by atoms with Gasteiger partial charge in [0.2, 0.25) is 10.0 Å². The molecule has 1 atom stereocenters. The van der Waals surface area contributed by atoms with Crippen LogP contribution in [0.25, 0.3) is 0 Å². The average molecular weight is 320 g/mol. The molecule has 0 bridgehead atoms. The van der Waals surface area contributed by atoms with Gasteiger partial charge in [0.25, 0.3) is 0 Å². The van der Waals surface area contributed by atoms with Crippen molar-refractivity contribution in [1.82, 2.24) is 4.72 Å². The normalized spacial score (nSPS) is 14.0. The molecule has 21 heavy (non-hydrogen) atoms. The van der Waals surface area contributed by atoms with E-state index in [2.05, 4.69) is 4.72 Å². The number of benzene rings is 1. The van der Waals surface area contributed by atoms with Gasteiger partial charge >= 0.3 is 6.18 Å². The van der Waals surface area contributed by atoms with Gasteiger partial charge in [-0.15, -0.1) is 0 Å². The quantitative estimate of drug-likeness (QED) is 0.907. The van der Waals surface area contributed by atoms with Crippen LogP contribution in [0.15, 0.2) is 24.3 Å². The highest BCUT2D eigenvalue weighted by atomic mass is 32.2. The van der Waals surface area contributed by atoms with Crippen molar-refractivity contribution in [3.8, 4) is 6.07 Å². The molecule has 8 heteroatoms. The van der Waals surface area contributed by atoms with Crippen LogP contribution < -0.4 is 4.72 Å². The average Bonchev–Trinajstić information content (AvgIpc) is 2.35. The Morgan fingerprint density at radius 2 is 1.76 bits per heavy atom. The summed E-state index contributed by atoms with van der Waals surface area (Å²) in [7, 11) is -3.80. The van der Waals surface area contributed by atoms with E-state index in [1.54, 1.807) is 13.8 Å². The fourth-order valence-electron chi connectivity index (χ4n) is 1.79. The van der Waals surface area contributed by atoms with Gasteiger partial charge in [0.1, 0.15) is 0 Å². The third-order valence-electron chi connectivity index (χ3n) is 2.82. The summed E-state index contributed by atoms with van der Waals surface area (Å²) in [6.45, 7) is 3.47. The second-order valence-corrected chi connectivity index (χ2v) is 6.63. The Labute approximate surface area is 121 Å². The highest BCUT2D eigenvalue weighted by Crippen LogP contribution is 2.31. The van der Waals surface area contributed by atoms with E-state index >= 15 is 0 Å². The fourth-order valence-corrected chi connectivity index (χ4v) is 2.84. The van der Waals surface area contributed by atoms with Crippen LogP contribution in [0.2, 0.25) is 0 Å².